The fourth-order valence-electron chi connectivity index (χ4n) is 3.31. The van der Waals surface area contributed by atoms with Crippen molar-refractivity contribution in [1.29, 1.82) is 0 Å². The molecule has 4 nitrogen and oxygen atoms in total. The Kier molecular flexibility index (Phi) is 2.38. The van der Waals surface area contributed by atoms with E-state index in [0.29, 0.717) is 18.2 Å². The number of hydrogen-bond acceptors (Lipinski definition) is 4. The first-order valence-electron chi connectivity index (χ1n) is 6.86. The lowest BCUT2D eigenvalue weighted by Crippen LogP contribution is -2.30. The van der Waals surface area contributed by atoms with E-state index in [9.17, 15) is 0 Å². The summed E-state index contributed by atoms with van der Waals surface area (Å²) in [5.41, 5.74) is 8.69. The Hall–Kier alpha value is -1.81. The molecule has 4 rings (SSSR count). The van der Waals surface area contributed by atoms with Gasteiger partial charge in [0.15, 0.2) is 0 Å². The van der Waals surface area contributed by atoms with Crippen molar-refractivity contribution in [1.82, 2.24) is 4.98 Å². The topological polar surface area (TPSA) is 60.2 Å². The van der Waals surface area contributed by atoms with Crippen LogP contribution in [0.4, 0.5) is 11.4 Å². The quantitative estimate of drug-likeness (QED) is 0.810. The summed E-state index contributed by atoms with van der Waals surface area (Å²) in [6.07, 6.45) is 6.14. The number of hydrogen-bond donors (Lipinski definition) is 2. The highest BCUT2D eigenvalue weighted by molar-refractivity contribution is 5.97. The number of nitrogens with zero attached hydrogens (tertiary/aromatic N) is 1. The second-order valence-electron chi connectivity index (χ2n) is 5.46. The van der Waals surface area contributed by atoms with Gasteiger partial charge in [-0.3, -0.25) is 4.98 Å². The van der Waals surface area contributed by atoms with Crippen LogP contribution in [0, 0.1) is 0 Å². The van der Waals surface area contributed by atoms with E-state index in [1.165, 1.54) is 12.8 Å². The van der Waals surface area contributed by atoms with Crippen molar-refractivity contribution in [2.75, 3.05) is 11.1 Å². The van der Waals surface area contributed by atoms with E-state index in [1.807, 2.05) is 24.4 Å². The Bertz CT molecular complexity index is 628. The molecule has 3 atom stereocenters. The predicted molar refractivity (Wildman–Crippen MR) is 76.1 cm³/mol. The van der Waals surface area contributed by atoms with Gasteiger partial charge >= 0.3 is 0 Å². The Labute approximate surface area is 112 Å². The molecule has 19 heavy (non-hydrogen) atoms. The number of nitrogens with two attached hydrogens (primary N) is 1. The number of ether oxygens (including phenoxy) is 1. The maximum absolute atomic E-state index is 5.98. The predicted octanol–water partition coefficient (Wildman–Crippen LogP) is 2.55. The Morgan fingerprint density at radius 3 is 3.00 bits per heavy atom. The van der Waals surface area contributed by atoms with Crippen LogP contribution in [0.1, 0.15) is 19.3 Å². The van der Waals surface area contributed by atoms with Gasteiger partial charge in [-0.1, -0.05) is 12.1 Å². The normalized spacial score (nSPS) is 28.9. The van der Waals surface area contributed by atoms with Gasteiger partial charge in [0.1, 0.15) is 0 Å². The lowest BCUT2D eigenvalue weighted by atomic mass is 9.95. The van der Waals surface area contributed by atoms with Crippen molar-refractivity contribution < 1.29 is 4.74 Å². The van der Waals surface area contributed by atoms with E-state index >= 15 is 0 Å². The summed E-state index contributed by atoms with van der Waals surface area (Å²) in [7, 11) is 0. The smallest absolute Gasteiger partial charge is 0.0951 e. The summed E-state index contributed by atoms with van der Waals surface area (Å²) in [4.78, 5) is 4.37. The Morgan fingerprint density at radius 1 is 1.26 bits per heavy atom. The monoisotopic (exact) mass is 255 g/mol. The van der Waals surface area contributed by atoms with Gasteiger partial charge in [-0.25, -0.2) is 0 Å². The summed E-state index contributed by atoms with van der Waals surface area (Å²) < 4.78 is 5.89. The molecule has 2 saturated heterocycles. The minimum Gasteiger partial charge on any atom is -0.397 e. The van der Waals surface area contributed by atoms with E-state index in [-0.39, 0.29) is 0 Å². The van der Waals surface area contributed by atoms with Gasteiger partial charge in [-0.05, 0) is 31.4 Å². The number of pyridine rings is 1. The summed E-state index contributed by atoms with van der Waals surface area (Å²) >= 11 is 0. The highest BCUT2D eigenvalue weighted by atomic mass is 16.5. The molecule has 1 aromatic heterocycles. The van der Waals surface area contributed by atoms with Crippen molar-refractivity contribution >= 4 is 22.3 Å². The summed E-state index contributed by atoms with van der Waals surface area (Å²) in [5, 5.41) is 4.71. The zero-order chi connectivity index (χ0) is 12.8. The highest BCUT2D eigenvalue weighted by Gasteiger charge is 2.40. The average molecular weight is 255 g/mol. The number of nitrogens with one attached hydrogen (secondary N) is 1. The Balaban J connectivity index is 1.70. The van der Waals surface area contributed by atoms with Gasteiger partial charge in [-0.15, -0.1) is 0 Å². The van der Waals surface area contributed by atoms with Crippen LogP contribution in [0.15, 0.2) is 30.5 Å². The SMILES string of the molecule is Nc1cccc2c(NC3CC4CCC3O4)ccnc12. The average Bonchev–Trinajstić information content (AvgIpc) is 3.02. The zero-order valence-corrected chi connectivity index (χ0v) is 10.7. The zero-order valence-electron chi connectivity index (χ0n) is 10.7. The van der Waals surface area contributed by atoms with E-state index in [0.717, 1.165) is 28.7 Å². The molecule has 0 amide bonds. The highest BCUT2D eigenvalue weighted by Crippen LogP contribution is 2.37. The van der Waals surface area contributed by atoms with Crippen LogP contribution in [0.3, 0.4) is 0 Å². The molecule has 3 N–H and O–H groups in total. The second kappa shape index (κ2) is 4.10. The molecule has 0 aliphatic carbocycles. The lowest BCUT2D eigenvalue weighted by Gasteiger charge is -2.22. The molecular formula is C15H17N3O. The van der Waals surface area contributed by atoms with Crippen LogP contribution in [-0.4, -0.2) is 23.2 Å². The third kappa shape index (κ3) is 1.75. The molecule has 3 unspecified atom stereocenters. The van der Waals surface area contributed by atoms with Gasteiger partial charge in [0.25, 0.3) is 0 Å². The van der Waals surface area contributed by atoms with Gasteiger partial charge in [0.2, 0.25) is 0 Å². The van der Waals surface area contributed by atoms with Crippen LogP contribution in [-0.2, 0) is 4.74 Å². The van der Waals surface area contributed by atoms with Crippen molar-refractivity contribution in [2.45, 2.75) is 37.5 Å². The third-order valence-corrected chi connectivity index (χ3v) is 4.25. The molecule has 1 aromatic carbocycles. The molecule has 2 aliphatic rings. The van der Waals surface area contributed by atoms with Crippen molar-refractivity contribution in [3.05, 3.63) is 30.5 Å². The molecule has 0 spiro atoms. The molecule has 0 radical (unpaired) electrons. The van der Waals surface area contributed by atoms with Crippen LogP contribution >= 0.6 is 0 Å². The van der Waals surface area contributed by atoms with Crippen molar-refractivity contribution in [3.8, 4) is 0 Å². The number of anilines is 2. The number of para-hydroxylation sites is 1. The van der Waals surface area contributed by atoms with Crippen LogP contribution < -0.4 is 11.1 Å². The first-order valence-corrected chi connectivity index (χ1v) is 6.86. The number of aromatic nitrogens is 1. The molecule has 0 saturated carbocycles. The number of benzene rings is 1. The summed E-state index contributed by atoms with van der Waals surface area (Å²) in [6, 6.07) is 8.37. The molecule has 2 aliphatic heterocycles. The second-order valence-corrected chi connectivity index (χ2v) is 5.46. The largest absolute Gasteiger partial charge is 0.397 e. The number of rotatable bonds is 2. The fourth-order valence-corrected chi connectivity index (χ4v) is 3.31. The maximum atomic E-state index is 5.98. The molecule has 2 fully saturated rings. The van der Waals surface area contributed by atoms with Crippen LogP contribution in [0.5, 0.6) is 0 Å². The third-order valence-electron chi connectivity index (χ3n) is 4.25. The molecule has 2 bridgehead atoms. The lowest BCUT2D eigenvalue weighted by molar-refractivity contribution is 0.102. The van der Waals surface area contributed by atoms with Crippen molar-refractivity contribution in [3.63, 3.8) is 0 Å². The maximum Gasteiger partial charge on any atom is 0.0951 e. The summed E-state index contributed by atoms with van der Waals surface area (Å²) in [6.45, 7) is 0. The summed E-state index contributed by atoms with van der Waals surface area (Å²) in [5.74, 6) is 0. The minimum absolute atomic E-state index is 0.370. The van der Waals surface area contributed by atoms with Crippen molar-refractivity contribution in [2.24, 2.45) is 0 Å². The van der Waals surface area contributed by atoms with Crippen LogP contribution in [0.2, 0.25) is 0 Å². The molecule has 98 valence electrons. The standard InChI is InChI=1S/C15H17N3O/c16-11-3-1-2-10-12(6-7-17-15(10)11)18-13-8-9-4-5-14(13)19-9/h1-3,6-7,9,13-14H,4-5,8,16H2,(H,17,18). The number of fused-ring (bicyclic) bond motifs is 3. The molecule has 2 aromatic rings. The molecule has 4 heteroatoms. The minimum atomic E-state index is 0.370. The number of nitrogen functional groups attached to an aromatic ring is 1. The first kappa shape index (κ1) is 11.1. The van der Waals surface area contributed by atoms with E-state index in [1.54, 1.807) is 0 Å². The van der Waals surface area contributed by atoms with Gasteiger partial charge in [0, 0.05) is 17.3 Å². The van der Waals surface area contributed by atoms with Gasteiger partial charge in [0.05, 0.1) is 29.5 Å². The fraction of sp³-hybridized carbons (Fsp3) is 0.400. The van der Waals surface area contributed by atoms with Crippen LogP contribution in [0.25, 0.3) is 10.9 Å². The van der Waals surface area contributed by atoms with Gasteiger partial charge < -0.3 is 15.8 Å². The first-order chi connectivity index (χ1) is 9.31. The molecular weight excluding hydrogens is 238 g/mol. The van der Waals surface area contributed by atoms with Gasteiger partial charge in [-0.2, -0.15) is 0 Å². The molecule has 3 heterocycles. The Morgan fingerprint density at radius 2 is 2.21 bits per heavy atom. The van der Waals surface area contributed by atoms with E-state index in [4.69, 9.17) is 10.5 Å². The van der Waals surface area contributed by atoms with E-state index < -0.39 is 0 Å². The van der Waals surface area contributed by atoms with E-state index in [2.05, 4.69) is 16.4 Å².